The average molecular weight is 304 g/mol. The Morgan fingerprint density at radius 1 is 1.15 bits per heavy atom. The summed E-state index contributed by atoms with van der Waals surface area (Å²) in [5.41, 5.74) is 0.303. The molecule has 6 nitrogen and oxygen atoms in total. The first-order valence-corrected chi connectivity index (χ1v) is 7.92. The van der Waals surface area contributed by atoms with Crippen molar-refractivity contribution in [2.24, 2.45) is 0 Å². The molecule has 1 aromatic rings. The summed E-state index contributed by atoms with van der Waals surface area (Å²) in [5.74, 6) is -0.537. The molecule has 7 heteroatoms. The van der Waals surface area contributed by atoms with Crippen molar-refractivity contribution in [3.8, 4) is 11.5 Å². The standard InChI is InChI=1S/C13H21O6P/c1-5-18-20(15,19-6-2)13(14)11-9-10(16-3)7-8-12(11)17-4/h7-9,13-14H,5-6H2,1-4H3/t13-/m1/s1. The van der Waals surface area contributed by atoms with Crippen molar-refractivity contribution in [3.05, 3.63) is 23.8 Å². The fraction of sp³-hybridized carbons (Fsp3) is 0.538. The lowest BCUT2D eigenvalue weighted by Gasteiger charge is -2.24. The smallest absolute Gasteiger partial charge is 0.363 e. The minimum Gasteiger partial charge on any atom is -0.497 e. The lowest BCUT2D eigenvalue weighted by atomic mass is 10.2. The third-order valence-corrected chi connectivity index (χ3v) is 4.75. The summed E-state index contributed by atoms with van der Waals surface area (Å²) in [6.45, 7) is 3.70. The Labute approximate surface area is 119 Å². The van der Waals surface area contributed by atoms with Gasteiger partial charge in [0.1, 0.15) is 11.5 Å². The highest BCUT2D eigenvalue weighted by Gasteiger charge is 2.37. The molecule has 20 heavy (non-hydrogen) atoms. The molecule has 114 valence electrons. The number of hydrogen-bond donors (Lipinski definition) is 1. The summed E-state index contributed by atoms with van der Waals surface area (Å²) >= 11 is 0. The molecule has 0 fully saturated rings. The van der Waals surface area contributed by atoms with Gasteiger partial charge in [-0.3, -0.25) is 4.57 Å². The molecule has 0 heterocycles. The average Bonchev–Trinajstić information content (AvgIpc) is 2.46. The number of hydrogen-bond acceptors (Lipinski definition) is 6. The molecule has 1 N–H and O–H groups in total. The molecule has 1 atom stereocenters. The van der Waals surface area contributed by atoms with Gasteiger partial charge < -0.3 is 23.6 Å². The van der Waals surface area contributed by atoms with Crippen LogP contribution in [0.2, 0.25) is 0 Å². The molecule has 0 radical (unpaired) electrons. The molecule has 0 saturated heterocycles. The zero-order valence-electron chi connectivity index (χ0n) is 12.2. The van der Waals surface area contributed by atoms with Crippen LogP contribution in [0, 0.1) is 0 Å². The third kappa shape index (κ3) is 3.73. The van der Waals surface area contributed by atoms with Crippen LogP contribution in [0.25, 0.3) is 0 Å². The molecule has 0 bridgehead atoms. The first kappa shape index (κ1) is 17.0. The normalized spacial score (nSPS) is 13.1. The van der Waals surface area contributed by atoms with Gasteiger partial charge in [-0.15, -0.1) is 0 Å². The molecule has 0 saturated carbocycles. The van der Waals surface area contributed by atoms with Gasteiger partial charge in [-0.2, -0.15) is 0 Å². The fourth-order valence-corrected chi connectivity index (χ4v) is 3.37. The van der Waals surface area contributed by atoms with E-state index in [1.165, 1.54) is 14.2 Å². The van der Waals surface area contributed by atoms with Crippen molar-refractivity contribution in [3.63, 3.8) is 0 Å². The number of aliphatic hydroxyl groups excluding tert-OH is 1. The minimum absolute atomic E-state index is 0.167. The molecule has 1 rings (SSSR count). The maximum atomic E-state index is 12.6. The van der Waals surface area contributed by atoms with Gasteiger partial charge in [0.15, 0.2) is 5.85 Å². The zero-order valence-corrected chi connectivity index (χ0v) is 13.1. The fourth-order valence-electron chi connectivity index (χ4n) is 1.75. The molecular formula is C13H21O6P. The van der Waals surface area contributed by atoms with Crippen LogP contribution in [0.1, 0.15) is 25.3 Å². The quantitative estimate of drug-likeness (QED) is 0.744. The van der Waals surface area contributed by atoms with E-state index in [2.05, 4.69) is 0 Å². The Morgan fingerprint density at radius 2 is 1.75 bits per heavy atom. The summed E-state index contributed by atoms with van der Waals surface area (Å²) in [5, 5.41) is 10.4. The minimum atomic E-state index is -3.68. The van der Waals surface area contributed by atoms with E-state index < -0.39 is 13.4 Å². The lowest BCUT2D eigenvalue weighted by molar-refractivity contribution is 0.148. The van der Waals surface area contributed by atoms with E-state index in [0.717, 1.165) is 0 Å². The highest BCUT2D eigenvalue weighted by Crippen LogP contribution is 2.61. The number of aliphatic hydroxyl groups is 1. The van der Waals surface area contributed by atoms with E-state index >= 15 is 0 Å². The van der Waals surface area contributed by atoms with Gasteiger partial charge in [-0.05, 0) is 32.0 Å². The lowest BCUT2D eigenvalue weighted by Crippen LogP contribution is -2.08. The van der Waals surface area contributed by atoms with Crippen LogP contribution in [0.4, 0.5) is 0 Å². The Balaban J connectivity index is 3.22. The molecule has 0 aliphatic carbocycles. The third-order valence-electron chi connectivity index (χ3n) is 2.63. The highest BCUT2D eigenvalue weighted by molar-refractivity contribution is 7.54. The van der Waals surface area contributed by atoms with Crippen molar-refractivity contribution in [2.75, 3.05) is 27.4 Å². The van der Waals surface area contributed by atoms with Gasteiger partial charge in [0.25, 0.3) is 0 Å². The summed E-state index contributed by atoms with van der Waals surface area (Å²) < 4.78 is 33.2. The van der Waals surface area contributed by atoms with Gasteiger partial charge in [-0.1, -0.05) is 0 Å². The molecule has 0 aliphatic heterocycles. The topological polar surface area (TPSA) is 74.2 Å². The van der Waals surface area contributed by atoms with Crippen molar-refractivity contribution >= 4 is 7.60 Å². The van der Waals surface area contributed by atoms with Crippen LogP contribution in [0.5, 0.6) is 11.5 Å². The predicted molar refractivity (Wildman–Crippen MR) is 75.4 cm³/mol. The number of benzene rings is 1. The summed E-state index contributed by atoms with van der Waals surface area (Å²) in [6.07, 6.45) is 0. The first-order valence-electron chi connectivity index (χ1n) is 6.31. The number of ether oxygens (including phenoxy) is 2. The second-order valence-electron chi connectivity index (χ2n) is 3.86. The van der Waals surface area contributed by atoms with Gasteiger partial charge in [0.2, 0.25) is 0 Å². The zero-order chi connectivity index (χ0) is 15.2. The molecule has 0 unspecified atom stereocenters. The van der Waals surface area contributed by atoms with E-state index in [4.69, 9.17) is 18.5 Å². The first-order chi connectivity index (χ1) is 9.52. The largest absolute Gasteiger partial charge is 0.497 e. The van der Waals surface area contributed by atoms with Crippen LogP contribution < -0.4 is 9.47 Å². The van der Waals surface area contributed by atoms with Gasteiger partial charge in [-0.25, -0.2) is 0 Å². The van der Waals surface area contributed by atoms with E-state index in [0.29, 0.717) is 17.1 Å². The van der Waals surface area contributed by atoms with Crippen molar-refractivity contribution in [2.45, 2.75) is 19.7 Å². The number of methoxy groups -OCH3 is 2. The van der Waals surface area contributed by atoms with Crippen LogP contribution in [-0.4, -0.2) is 32.5 Å². The Kier molecular flexibility index (Phi) is 6.49. The van der Waals surface area contributed by atoms with Gasteiger partial charge >= 0.3 is 7.60 Å². The van der Waals surface area contributed by atoms with E-state index in [1.54, 1.807) is 32.0 Å². The monoisotopic (exact) mass is 304 g/mol. The molecule has 0 aromatic heterocycles. The molecule has 0 spiro atoms. The Morgan fingerprint density at radius 3 is 2.20 bits per heavy atom. The van der Waals surface area contributed by atoms with Crippen molar-refractivity contribution < 1.29 is 28.2 Å². The van der Waals surface area contributed by atoms with Crippen molar-refractivity contribution in [1.29, 1.82) is 0 Å². The van der Waals surface area contributed by atoms with Crippen LogP contribution in [-0.2, 0) is 13.6 Å². The second-order valence-corrected chi connectivity index (χ2v) is 5.94. The van der Waals surface area contributed by atoms with Crippen molar-refractivity contribution in [1.82, 2.24) is 0 Å². The van der Waals surface area contributed by atoms with Crippen LogP contribution in [0.15, 0.2) is 18.2 Å². The predicted octanol–water partition coefficient (Wildman–Crippen LogP) is 2.96. The maximum absolute atomic E-state index is 12.6. The van der Waals surface area contributed by atoms with Crippen LogP contribution in [0.3, 0.4) is 0 Å². The highest BCUT2D eigenvalue weighted by atomic mass is 31.2. The Hall–Kier alpha value is -1.07. The summed E-state index contributed by atoms with van der Waals surface area (Å²) in [7, 11) is -0.718. The SMILES string of the molecule is CCOP(=O)(OCC)[C@@H](O)c1cc(OC)ccc1OC. The van der Waals surface area contributed by atoms with E-state index in [-0.39, 0.29) is 13.2 Å². The molecule has 0 aliphatic rings. The molecular weight excluding hydrogens is 283 g/mol. The van der Waals surface area contributed by atoms with E-state index in [9.17, 15) is 9.67 Å². The number of rotatable bonds is 8. The Bertz CT molecular complexity index is 466. The molecule has 0 amide bonds. The summed E-state index contributed by atoms with van der Waals surface area (Å²) in [6, 6.07) is 4.86. The van der Waals surface area contributed by atoms with Crippen LogP contribution >= 0.6 is 7.60 Å². The van der Waals surface area contributed by atoms with E-state index in [1.807, 2.05) is 0 Å². The maximum Gasteiger partial charge on any atom is 0.363 e. The van der Waals surface area contributed by atoms with Gasteiger partial charge in [0.05, 0.1) is 27.4 Å². The van der Waals surface area contributed by atoms with Gasteiger partial charge in [0, 0.05) is 5.56 Å². The summed E-state index contributed by atoms with van der Waals surface area (Å²) in [4.78, 5) is 0. The molecule has 1 aromatic carbocycles. The second kappa shape index (κ2) is 7.64.